The molecule has 2 aromatic rings. The number of esters is 1. The lowest BCUT2D eigenvalue weighted by atomic mass is 10.2. The zero-order valence-corrected chi connectivity index (χ0v) is 17.0. The molecule has 0 saturated heterocycles. The normalized spacial score (nSPS) is 11.4. The summed E-state index contributed by atoms with van der Waals surface area (Å²) in [6.45, 7) is 5.40. The molecule has 28 heavy (non-hydrogen) atoms. The van der Waals surface area contributed by atoms with Crippen LogP contribution in [0.4, 0.5) is 11.4 Å². The van der Waals surface area contributed by atoms with Gasteiger partial charge in [0.25, 0.3) is 5.91 Å². The number of hydrogen-bond acceptors (Lipinski definition) is 5. The van der Waals surface area contributed by atoms with Crippen molar-refractivity contribution in [2.75, 3.05) is 22.1 Å². The van der Waals surface area contributed by atoms with Crippen LogP contribution >= 0.6 is 11.8 Å². The van der Waals surface area contributed by atoms with E-state index in [2.05, 4.69) is 10.6 Å². The van der Waals surface area contributed by atoms with Crippen LogP contribution in [0.25, 0.3) is 0 Å². The van der Waals surface area contributed by atoms with Crippen LogP contribution in [0.2, 0.25) is 0 Å². The van der Waals surface area contributed by atoms with E-state index in [0.717, 1.165) is 28.6 Å². The summed E-state index contributed by atoms with van der Waals surface area (Å²) >= 11 is 1.13. The van der Waals surface area contributed by atoms with Gasteiger partial charge in [0.2, 0.25) is 5.91 Å². The Bertz CT molecular complexity index is 837. The fraction of sp³-hybridized carbons (Fsp3) is 0.286. The molecule has 0 aromatic heterocycles. The van der Waals surface area contributed by atoms with Gasteiger partial charge in [-0.1, -0.05) is 29.8 Å². The summed E-state index contributed by atoms with van der Waals surface area (Å²) < 4.78 is 5.12. The monoisotopic (exact) mass is 400 g/mol. The first kappa shape index (κ1) is 21.5. The van der Waals surface area contributed by atoms with E-state index in [1.54, 1.807) is 18.2 Å². The Hall–Kier alpha value is -2.80. The summed E-state index contributed by atoms with van der Waals surface area (Å²) in [5.41, 5.74) is 3.49. The molecular weight excluding hydrogens is 376 g/mol. The third-order valence-electron chi connectivity index (χ3n) is 3.75. The van der Waals surface area contributed by atoms with Gasteiger partial charge in [0.15, 0.2) is 6.10 Å². The smallest absolute Gasteiger partial charge is 0.316 e. The number of carbonyl (C=O) groups is 3. The third kappa shape index (κ3) is 7.44. The molecule has 2 N–H and O–H groups in total. The molecule has 6 nitrogen and oxygen atoms in total. The number of benzene rings is 2. The molecule has 1 atom stereocenters. The van der Waals surface area contributed by atoms with E-state index in [9.17, 15) is 14.4 Å². The van der Waals surface area contributed by atoms with Crippen molar-refractivity contribution in [3.05, 3.63) is 59.7 Å². The fourth-order valence-corrected chi connectivity index (χ4v) is 2.91. The lowest BCUT2D eigenvalue weighted by Crippen LogP contribution is -2.30. The van der Waals surface area contributed by atoms with Crippen LogP contribution in [-0.2, 0) is 19.1 Å². The predicted molar refractivity (Wildman–Crippen MR) is 112 cm³/mol. The molecule has 0 fully saturated rings. The molecule has 0 spiro atoms. The number of amides is 2. The molecule has 7 heteroatoms. The standard InChI is InChI=1S/C21H24N2O4S/c1-14-7-9-17(10-8-14)23-21(26)16(3)27-20(25)13-28-12-19(24)22-18-6-4-5-15(2)11-18/h4-11,16H,12-13H2,1-3H3,(H,22,24)(H,23,26)/t16-/m1/s1. The molecule has 2 aromatic carbocycles. The average molecular weight is 401 g/mol. The quantitative estimate of drug-likeness (QED) is 0.662. The Morgan fingerprint density at radius 3 is 2.32 bits per heavy atom. The number of rotatable bonds is 8. The first-order valence-corrected chi connectivity index (χ1v) is 10.0. The summed E-state index contributed by atoms with van der Waals surface area (Å²) in [6.07, 6.45) is -0.921. The summed E-state index contributed by atoms with van der Waals surface area (Å²) in [7, 11) is 0. The van der Waals surface area contributed by atoms with E-state index >= 15 is 0 Å². The van der Waals surface area contributed by atoms with Crippen molar-refractivity contribution in [1.29, 1.82) is 0 Å². The highest BCUT2D eigenvalue weighted by Gasteiger charge is 2.18. The van der Waals surface area contributed by atoms with Crippen LogP contribution in [0, 0.1) is 13.8 Å². The Morgan fingerprint density at radius 1 is 0.929 bits per heavy atom. The molecular formula is C21H24N2O4S. The van der Waals surface area contributed by atoms with Gasteiger partial charge < -0.3 is 15.4 Å². The maximum absolute atomic E-state index is 12.1. The van der Waals surface area contributed by atoms with Gasteiger partial charge in [0.05, 0.1) is 11.5 Å². The molecule has 0 unspecified atom stereocenters. The van der Waals surface area contributed by atoms with Crippen molar-refractivity contribution in [3.8, 4) is 0 Å². The molecule has 0 radical (unpaired) electrons. The van der Waals surface area contributed by atoms with Crippen LogP contribution in [0.1, 0.15) is 18.1 Å². The highest BCUT2D eigenvalue weighted by molar-refractivity contribution is 8.00. The van der Waals surface area contributed by atoms with Gasteiger partial charge in [-0.25, -0.2) is 0 Å². The Balaban J connectivity index is 1.68. The van der Waals surface area contributed by atoms with Gasteiger partial charge in [0.1, 0.15) is 0 Å². The van der Waals surface area contributed by atoms with E-state index in [1.165, 1.54) is 6.92 Å². The van der Waals surface area contributed by atoms with Gasteiger partial charge >= 0.3 is 5.97 Å². The second kappa shape index (κ2) is 10.5. The summed E-state index contributed by atoms with van der Waals surface area (Å²) in [5, 5.41) is 5.46. The minimum absolute atomic E-state index is 0.0105. The van der Waals surface area contributed by atoms with E-state index in [0.29, 0.717) is 5.69 Å². The van der Waals surface area contributed by atoms with Crippen molar-refractivity contribution < 1.29 is 19.1 Å². The predicted octanol–water partition coefficient (Wildman–Crippen LogP) is 3.55. The van der Waals surface area contributed by atoms with Crippen LogP contribution in [-0.4, -0.2) is 35.4 Å². The van der Waals surface area contributed by atoms with Crippen LogP contribution in [0.15, 0.2) is 48.5 Å². The number of aryl methyl sites for hydroxylation is 2. The van der Waals surface area contributed by atoms with Crippen molar-refractivity contribution in [3.63, 3.8) is 0 Å². The topological polar surface area (TPSA) is 84.5 Å². The molecule has 0 aliphatic heterocycles. The van der Waals surface area contributed by atoms with Gasteiger partial charge in [-0.05, 0) is 50.6 Å². The average Bonchev–Trinajstić information content (AvgIpc) is 2.63. The lowest BCUT2D eigenvalue weighted by molar-refractivity contribution is -0.150. The van der Waals surface area contributed by atoms with Crippen LogP contribution in [0.3, 0.4) is 0 Å². The number of carbonyl (C=O) groups excluding carboxylic acids is 3. The van der Waals surface area contributed by atoms with Gasteiger partial charge in [-0.3, -0.25) is 14.4 Å². The number of thioether (sulfide) groups is 1. The number of anilines is 2. The fourth-order valence-electron chi connectivity index (χ4n) is 2.31. The number of hydrogen-bond donors (Lipinski definition) is 2. The van der Waals surface area contributed by atoms with Crippen molar-refractivity contribution in [2.45, 2.75) is 26.9 Å². The van der Waals surface area contributed by atoms with Gasteiger partial charge in [-0.2, -0.15) is 0 Å². The molecule has 0 saturated carbocycles. The van der Waals surface area contributed by atoms with E-state index in [4.69, 9.17) is 4.74 Å². The molecule has 0 aliphatic carbocycles. The van der Waals surface area contributed by atoms with E-state index in [-0.39, 0.29) is 17.4 Å². The molecule has 2 rings (SSSR count). The van der Waals surface area contributed by atoms with E-state index < -0.39 is 18.0 Å². The summed E-state index contributed by atoms with van der Waals surface area (Å²) in [4.78, 5) is 35.9. The molecule has 0 aliphatic rings. The SMILES string of the molecule is Cc1ccc(NC(=O)[C@@H](C)OC(=O)CSCC(=O)Nc2cccc(C)c2)cc1. The maximum Gasteiger partial charge on any atom is 0.316 e. The Labute approximate surface area is 169 Å². The Kier molecular flexibility index (Phi) is 8.07. The molecule has 0 heterocycles. The zero-order valence-electron chi connectivity index (χ0n) is 16.2. The second-order valence-corrected chi connectivity index (χ2v) is 7.38. The summed E-state index contributed by atoms with van der Waals surface area (Å²) in [6, 6.07) is 14.8. The highest BCUT2D eigenvalue weighted by Crippen LogP contribution is 2.12. The van der Waals surface area contributed by atoms with Crippen molar-refractivity contribution in [1.82, 2.24) is 0 Å². The number of nitrogens with one attached hydrogen (secondary N) is 2. The van der Waals surface area contributed by atoms with E-state index in [1.807, 2.05) is 44.2 Å². The minimum Gasteiger partial charge on any atom is -0.452 e. The molecule has 0 bridgehead atoms. The maximum atomic E-state index is 12.1. The van der Waals surface area contributed by atoms with Crippen molar-refractivity contribution >= 4 is 40.9 Å². The second-order valence-electron chi connectivity index (χ2n) is 6.40. The number of ether oxygens (including phenoxy) is 1. The summed E-state index contributed by atoms with van der Waals surface area (Å²) in [5.74, 6) is -1.04. The third-order valence-corrected chi connectivity index (χ3v) is 4.66. The van der Waals surface area contributed by atoms with Crippen LogP contribution in [0.5, 0.6) is 0 Å². The van der Waals surface area contributed by atoms with Gasteiger partial charge in [0, 0.05) is 11.4 Å². The molecule has 2 amide bonds. The first-order valence-electron chi connectivity index (χ1n) is 8.85. The first-order chi connectivity index (χ1) is 13.3. The molecule has 148 valence electrons. The van der Waals surface area contributed by atoms with Crippen LogP contribution < -0.4 is 10.6 Å². The lowest BCUT2D eigenvalue weighted by Gasteiger charge is -2.13. The minimum atomic E-state index is -0.921. The highest BCUT2D eigenvalue weighted by atomic mass is 32.2. The van der Waals surface area contributed by atoms with Gasteiger partial charge in [-0.15, -0.1) is 11.8 Å². The largest absolute Gasteiger partial charge is 0.452 e. The Morgan fingerprint density at radius 2 is 1.64 bits per heavy atom. The van der Waals surface area contributed by atoms with Crippen molar-refractivity contribution in [2.24, 2.45) is 0 Å². The zero-order chi connectivity index (χ0) is 20.5.